The van der Waals surface area contributed by atoms with Crippen LogP contribution in [0.1, 0.15) is 29.9 Å². The summed E-state index contributed by atoms with van der Waals surface area (Å²) in [4.78, 5) is 32.0. The molecule has 0 saturated carbocycles. The van der Waals surface area contributed by atoms with Gasteiger partial charge in [-0.1, -0.05) is 23.9 Å². The maximum Gasteiger partial charge on any atom is 0.263 e. The summed E-state index contributed by atoms with van der Waals surface area (Å²) in [5.74, 6) is -0.110. The number of thioether (sulfide) groups is 1. The van der Waals surface area contributed by atoms with Crippen LogP contribution in [-0.2, 0) is 11.3 Å². The predicted octanol–water partition coefficient (Wildman–Crippen LogP) is 4.52. The summed E-state index contributed by atoms with van der Waals surface area (Å²) in [6.45, 7) is 10.2. The Morgan fingerprint density at radius 1 is 1.33 bits per heavy atom. The Morgan fingerprint density at radius 2 is 2.07 bits per heavy atom. The number of nitrogens with zero attached hydrogens (tertiary/aromatic N) is 2. The van der Waals surface area contributed by atoms with Gasteiger partial charge in [0.1, 0.15) is 4.83 Å². The summed E-state index contributed by atoms with van der Waals surface area (Å²) < 4.78 is 1.66. The number of aromatic nitrogens is 2. The highest BCUT2D eigenvalue weighted by Gasteiger charge is 2.21. The second-order valence-electron chi connectivity index (χ2n) is 6.53. The summed E-state index contributed by atoms with van der Waals surface area (Å²) in [5, 5.41) is 3.83. The van der Waals surface area contributed by atoms with Crippen molar-refractivity contribution in [3.05, 3.63) is 50.6 Å². The molecule has 3 aromatic rings. The lowest BCUT2D eigenvalue weighted by atomic mass is 10.2. The van der Waals surface area contributed by atoms with E-state index in [0.717, 1.165) is 26.5 Å². The maximum absolute atomic E-state index is 12.9. The molecule has 0 fully saturated rings. The minimum Gasteiger partial charge on any atom is -0.325 e. The number of carbonyl (C=O) groups is 1. The largest absolute Gasteiger partial charge is 0.325 e. The normalized spacial score (nSPS) is 12.3. The smallest absolute Gasteiger partial charge is 0.263 e. The highest BCUT2D eigenvalue weighted by molar-refractivity contribution is 8.00. The van der Waals surface area contributed by atoms with E-state index in [1.807, 2.05) is 58.9 Å². The first-order chi connectivity index (χ1) is 12.8. The number of rotatable bonds is 5. The van der Waals surface area contributed by atoms with Gasteiger partial charge >= 0.3 is 0 Å². The molecule has 142 valence electrons. The van der Waals surface area contributed by atoms with Gasteiger partial charge in [-0.3, -0.25) is 14.2 Å². The van der Waals surface area contributed by atoms with Crippen LogP contribution >= 0.6 is 23.1 Å². The van der Waals surface area contributed by atoms with Gasteiger partial charge in [-0.2, -0.15) is 0 Å². The number of hydrogen-bond acceptors (Lipinski definition) is 5. The first-order valence-corrected chi connectivity index (χ1v) is 10.6. The van der Waals surface area contributed by atoms with Gasteiger partial charge in [0.15, 0.2) is 5.16 Å². The molecule has 0 radical (unpaired) electrons. The molecule has 7 heteroatoms. The zero-order valence-electron chi connectivity index (χ0n) is 16.1. The molecule has 5 nitrogen and oxygen atoms in total. The fraction of sp³-hybridized carbons (Fsp3) is 0.350. The van der Waals surface area contributed by atoms with Gasteiger partial charge in [0, 0.05) is 17.1 Å². The predicted molar refractivity (Wildman–Crippen MR) is 114 cm³/mol. The van der Waals surface area contributed by atoms with E-state index >= 15 is 0 Å². The van der Waals surface area contributed by atoms with Crippen LogP contribution in [0.4, 0.5) is 5.69 Å². The highest BCUT2D eigenvalue weighted by Crippen LogP contribution is 2.30. The van der Waals surface area contributed by atoms with E-state index in [0.29, 0.717) is 17.1 Å². The molecule has 1 unspecified atom stereocenters. The molecular weight excluding hydrogens is 378 g/mol. The number of nitrogens with one attached hydrogen (secondary N) is 1. The molecule has 2 heterocycles. The second kappa shape index (κ2) is 7.86. The molecule has 0 bridgehead atoms. The van der Waals surface area contributed by atoms with Crippen molar-refractivity contribution in [1.82, 2.24) is 9.55 Å². The minimum absolute atomic E-state index is 0.0295. The van der Waals surface area contributed by atoms with Gasteiger partial charge in [-0.05, 0) is 57.9 Å². The SMILES string of the molecule is CCn1c(SC(C)C(=O)Nc2cccc(C)c2)nc2sc(C)c(C)c2c1=O. The molecular formula is C20H23N3O2S2. The third-order valence-corrected chi connectivity index (χ3v) is 6.70. The Hall–Kier alpha value is -2.12. The molecule has 3 rings (SSSR count). The Kier molecular flexibility index (Phi) is 5.72. The summed E-state index contributed by atoms with van der Waals surface area (Å²) in [7, 11) is 0. The molecule has 1 amide bonds. The van der Waals surface area contributed by atoms with Crippen molar-refractivity contribution in [2.45, 2.75) is 51.6 Å². The van der Waals surface area contributed by atoms with Crippen molar-refractivity contribution < 1.29 is 4.79 Å². The van der Waals surface area contributed by atoms with E-state index in [1.165, 1.54) is 23.1 Å². The van der Waals surface area contributed by atoms with Gasteiger partial charge in [0.2, 0.25) is 5.91 Å². The number of aryl methyl sites for hydroxylation is 3. The van der Waals surface area contributed by atoms with Crippen LogP contribution in [-0.4, -0.2) is 20.7 Å². The first kappa shape index (κ1) is 19.6. The van der Waals surface area contributed by atoms with Crippen molar-refractivity contribution in [3.63, 3.8) is 0 Å². The fourth-order valence-electron chi connectivity index (χ4n) is 2.86. The quantitative estimate of drug-likeness (QED) is 0.504. The van der Waals surface area contributed by atoms with Gasteiger partial charge in [-0.15, -0.1) is 11.3 Å². The Labute approximate surface area is 166 Å². The molecule has 1 aromatic carbocycles. The van der Waals surface area contributed by atoms with Crippen LogP contribution in [0.3, 0.4) is 0 Å². The van der Waals surface area contributed by atoms with Crippen LogP contribution in [0, 0.1) is 20.8 Å². The number of carbonyl (C=O) groups excluding carboxylic acids is 1. The van der Waals surface area contributed by atoms with Crippen LogP contribution in [0.15, 0.2) is 34.2 Å². The van der Waals surface area contributed by atoms with E-state index < -0.39 is 0 Å². The molecule has 1 N–H and O–H groups in total. The number of anilines is 1. The lowest BCUT2D eigenvalue weighted by molar-refractivity contribution is -0.115. The number of hydrogen-bond donors (Lipinski definition) is 1. The standard InChI is InChI=1S/C20H23N3O2S2/c1-6-23-19(25)16-12(3)13(4)26-18(16)22-20(23)27-14(5)17(24)21-15-9-7-8-11(2)10-15/h7-10,14H,6H2,1-5H3,(H,21,24). The lowest BCUT2D eigenvalue weighted by Gasteiger charge is -2.15. The van der Waals surface area contributed by atoms with Crippen molar-refractivity contribution in [2.75, 3.05) is 5.32 Å². The van der Waals surface area contributed by atoms with Crippen LogP contribution in [0.5, 0.6) is 0 Å². The average molecular weight is 402 g/mol. The third kappa shape index (κ3) is 3.94. The topological polar surface area (TPSA) is 64.0 Å². The van der Waals surface area contributed by atoms with Crippen LogP contribution in [0.2, 0.25) is 0 Å². The van der Waals surface area contributed by atoms with E-state index in [4.69, 9.17) is 4.98 Å². The number of fused-ring (bicyclic) bond motifs is 1. The lowest BCUT2D eigenvalue weighted by Crippen LogP contribution is -2.26. The van der Waals surface area contributed by atoms with Gasteiger partial charge in [-0.25, -0.2) is 4.98 Å². The Balaban J connectivity index is 1.89. The molecule has 0 aliphatic rings. The van der Waals surface area contributed by atoms with Gasteiger partial charge in [0.05, 0.1) is 10.6 Å². The summed E-state index contributed by atoms with van der Waals surface area (Å²) in [6, 6.07) is 7.69. The van der Waals surface area contributed by atoms with Crippen molar-refractivity contribution in [3.8, 4) is 0 Å². The molecule has 0 aliphatic carbocycles. The van der Waals surface area contributed by atoms with Crippen molar-refractivity contribution in [1.29, 1.82) is 0 Å². The average Bonchev–Trinajstić information content (AvgIpc) is 2.89. The molecule has 0 saturated heterocycles. The molecule has 0 aliphatic heterocycles. The summed E-state index contributed by atoms with van der Waals surface area (Å²) >= 11 is 2.84. The van der Waals surface area contributed by atoms with Crippen molar-refractivity contribution >= 4 is 44.9 Å². The molecule has 2 aromatic heterocycles. The Morgan fingerprint density at radius 3 is 2.74 bits per heavy atom. The Bertz CT molecular complexity index is 1070. The minimum atomic E-state index is -0.380. The number of thiophene rings is 1. The molecule has 27 heavy (non-hydrogen) atoms. The van der Waals surface area contributed by atoms with E-state index in [-0.39, 0.29) is 16.7 Å². The highest BCUT2D eigenvalue weighted by atomic mass is 32.2. The van der Waals surface area contributed by atoms with Crippen LogP contribution < -0.4 is 10.9 Å². The molecule has 1 atom stereocenters. The van der Waals surface area contributed by atoms with E-state index in [1.54, 1.807) is 4.57 Å². The molecule has 0 spiro atoms. The second-order valence-corrected chi connectivity index (χ2v) is 9.04. The first-order valence-electron chi connectivity index (χ1n) is 8.86. The van der Waals surface area contributed by atoms with Crippen molar-refractivity contribution in [2.24, 2.45) is 0 Å². The van der Waals surface area contributed by atoms with E-state index in [9.17, 15) is 9.59 Å². The number of benzene rings is 1. The number of amides is 1. The van der Waals surface area contributed by atoms with Crippen LogP contribution in [0.25, 0.3) is 10.2 Å². The summed E-state index contributed by atoms with van der Waals surface area (Å²) in [6.07, 6.45) is 0. The fourth-order valence-corrected chi connectivity index (χ4v) is 4.90. The zero-order chi connectivity index (χ0) is 19.7. The maximum atomic E-state index is 12.9. The zero-order valence-corrected chi connectivity index (χ0v) is 17.8. The summed E-state index contributed by atoms with van der Waals surface area (Å²) in [5.41, 5.74) is 2.83. The van der Waals surface area contributed by atoms with E-state index in [2.05, 4.69) is 5.32 Å². The third-order valence-electron chi connectivity index (χ3n) is 4.51. The van der Waals surface area contributed by atoms with Gasteiger partial charge in [0.25, 0.3) is 5.56 Å². The monoisotopic (exact) mass is 401 g/mol. The van der Waals surface area contributed by atoms with Gasteiger partial charge < -0.3 is 5.32 Å².